The molecule has 0 unspecified atom stereocenters. The Morgan fingerprint density at radius 1 is 1.36 bits per heavy atom. The molecular formula is C19H26N4O2. The van der Waals surface area contributed by atoms with Crippen molar-refractivity contribution in [2.45, 2.75) is 20.3 Å². The zero-order chi connectivity index (χ0) is 18.1. The molecule has 0 saturated carbocycles. The van der Waals surface area contributed by atoms with Gasteiger partial charge in [0.05, 0.1) is 13.2 Å². The minimum absolute atomic E-state index is 0.0753. The summed E-state index contributed by atoms with van der Waals surface area (Å²) < 4.78 is 5.32. The number of carbonyl (C=O) groups excluding carboxylic acids is 1. The molecule has 0 radical (unpaired) electrons. The summed E-state index contributed by atoms with van der Waals surface area (Å²) in [6.07, 6.45) is 2.45. The second-order valence-corrected chi connectivity index (χ2v) is 6.20. The maximum absolute atomic E-state index is 12.2. The summed E-state index contributed by atoms with van der Waals surface area (Å²) in [5, 5.41) is 15.1. The zero-order valence-corrected chi connectivity index (χ0v) is 15.0. The molecule has 1 heterocycles. The van der Waals surface area contributed by atoms with E-state index in [0.717, 1.165) is 62.6 Å². The van der Waals surface area contributed by atoms with Crippen molar-refractivity contribution in [1.29, 1.82) is 5.26 Å². The van der Waals surface area contributed by atoms with Crippen LogP contribution in [0, 0.1) is 25.2 Å². The van der Waals surface area contributed by atoms with Crippen molar-refractivity contribution in [2.75, 3.05) is 44.7 Å². The first kappa shape index (κ1) is 19.0. The highest BCUT2D eigenvalue weighted by Gasteiger charge is 2.11. The van der Waals surface area contributed by atoms with E-state index < -0.39 is 5.91 Å². The minimum atomic E-state index is -0.393. The van der Waals surface area contributed by atoms with E-state index in [0.29, 0.717) is 0 Å². The molecule has 2 N–H and O–H groups in total. The molecule has 0 atom stereocenters. The number of hydrogen-bond acceptors (Lipinski definition) is 5. The molecule has 1 fully saturated rings. The van der Waals surface area contributed by atoms with Gasteiger partial charge in [0.25, 0.3) is 5.91 Å². The number of hydrogen-bond donors (Lipinski definition) is 2. The first-order valence-electron chi connectivity index (χ1n) is 8.62. The van der Waals surface area contributed by atoms with Gasteiger partial charge in [-0.1, -0.05) is 17.7 Å². The number of nitrogens with zero attached hydrogens (tertiary/aromatic N) is 2. The Kier molecular flexibility index (Phi) is 7.45. The molecule has 1 aromatic rings. The quantitative estimate of drug-likeness (QED) is 0.450. The van der Waals surface area contributed by atoms with Gasteiger partial charge in [0, 0.05) is 31.5 Å². The standard InChI is InChI=1S/C19H26N4O2/c1-15-4-5-18(16(2)12-15)22-19(24)17(13-20)14-21-6-3-7-23-8-10-25-11-9-23/h4-5,12,14,21H,3,6-11H2,1-2H3,(H,22,24)/b17-14-. The van der Waals surface area contributed by atoms with Crippen LogP contribution in [-0.2, 0) is 9.53 Å². The maximum atomic E-state index is 12.2. The number of morpholine rings is 1. The molecule has 0 bridgehead atoms. The molecule has 25 heavy (non-hydrogen) atoms. The van der Waals surface area contributed by atoms with Gasteiger partial charge in [-0.2, -0.15) is 5.26 Å². The molecule has 1 aliphatic heterocycles. The molecular weight excluding hydrogens is 316 g/mol. The van der Waals surface area contributed by atoms with Crippen LogP contribution >= 0.6 is 0 Å². The molecule has 0 aliphatic carbocycles. The lowest BCUT2D eigenvalue weighted by Gasteiger charge is -2.26. The van der Waals surface area contributed by atoms with Gasteiger partial charge in [0.2, 0.25) is 0 Å². The smallest absolute Gasteiger partial charge is 0.267 e. The van der Waals surface area contributed by atoms with E-state index in [1.54, 1.807) is 0 Å². The Bertz CT molecular complexity index is 658. The van der Waals surface area contributed by atoms with Gasteiger partial charge < -0.3 is 15.4 Å². The maximum Gasteiger partial charge on any atom is 0.267 e. The van der Waals surface area contributed by atoms with Gasteiger partial charge >= 0.3 is 0 Å². The number of nitrogens with one attached hydrogen (secondary N) is 2. The highest BCUT2D eigenvalue weighted by molar-refractivity contribution is 6.06. The van der Waals surface area contributed by atoms with Crippen LogP contribution in [-0.4, -0.2) is 50.2 Å². The molecule has 0 aromatic heterocycles. The first-order valence-corrected chi connectivity index (χ1v) is 8.62. The van der Waals surface area contributed by atoms with Crippen LogP contribution in [0.5, 0.6) is 0 Å². The normalized spacial score (nSPS) is 15.5. The molecule has 1 saturated heterocycles. The van der Waals surface area contributed by atoms with E-state index >= 15 is 0 Å². The molecule has 134 valence electrons. The average Bonchev–Trinajstić information content (AvgIpc) is 2.61. The average molecular weight is 342 g/mol. The van der Waals surface area contributed by atoms with Crippen LogP contribution in [0.25, 0.3) is 0 Å². The first-order chi connectivity index (χ1) is 12.1. The predicted octanol–water partition coefficient (Wildman–Crippen LogP) is 1.96. The summed E-state index contributed by atoms with van der Waals surface area (Å²) in [6.45, 7) is 9.17. The van der Waals surface area contributed by atoms with Crippen LogP contribution in [0.1, 0.15) is 17.5 Å². The molecule has 6 nitrogen and oxygen atoms in total. The summed E-state index contributed by atoms with van der Waals surface area (Å²) in [5.74, 6) is -0.393. The zero-order valence-electron chi connectivity index (χ0n) is 15.0. The van der Waals surface area contributed by atoms with E-state index in [4.69, 9.17) is 4.74 Å². The van der Waals surface area contributed by atoms with Crippen molar-refractivity contribution < 1.29 is 9.53 Å². The Labute approximate surface area is 149 Å². The number of anilines is 1. The lowest BCUT2D eigenvalue weighted by atomic mass is 10.1. The van der Waals surface area contributed by atoms with E-state index in [1.807, 2.05) is 38.1 Å². The van der Waals surface area contributed by atoms with Crippen molar-refractivity contribution >= 4 is 11.6 Å². The molecule has 1 amide bonds. The third kappa shape index (κ3) is 6.22. The van der Waals surface area contributed by atoms with Crippen molar-refractivity contribution in [3.63, 3.8) is 0 Å². The van der Waals surface area contributed by atoms with E-state index in [1.165, 1.54) is 6.20 Å². The topological polar surface area (TPSA) is 77.4 Å². The molecule has 1 aliphatic rings. The molecule has 1 aromatic carbocycles. The highest BCUT2D eigenvalue weighted by Crippen LogP contribution is 2.16. The van der Waals surface area contributed by atoms with Crippen molar-refractivity contribution in [3.05, 3.63) is 41.1 Å². The highest BCUT2D eigenvalue weighted by atomic mass is 16.5. The molecule has 2 rings (SSSR count). The molecule has 0 spiro atoms. The van der Waals surface area contributed by atoms with Crippen LogP contribution < -0.4 is 10.6 Å². The van der Waals surface area contributed by atoms with Crippen LogP contribution in [0.3, 0.4) is 0 Å². The molecule has 6 heteroatoms. The summed E-state index contributed by atoms with van der Waals surface area (Å²) in [6, 6.07) is 7.74. The van der Waals surface area contributed by atoms with Crippen molar-refractivity contribution in [3.8, 4) is 6.07 Å². The van der Waals surface area contributed by atoms with Gasteiger partial charge in [-0.05, 0) is 38.4 Å². The summed E-state index contributed by atoms with van der Waals surface area (Å²) >= 11 is 0. The fourth-order valence-electron chi connectivity index (χ4n) is 2.70. The van der Waals surface area contributed by atoms with Gasteiger partial charge in [-0.15, -0.1) is 0 Å². The summed E-state index contributed by atoms with van der Waals surface area (Å²) in [5.41, 5.74) is 2.91. The fraction of sp³-hybridized carbons (Fsp3) is 0.474. The number of amides is 1. The Hall–Kier alpha value is -2.36. The Morgan fingerprint density at radius 2 is 2.12 bits per heavy atom. The number of carbonyl (C=O) groups is 1. The van der Waals surface area contributed by atoms with E-state index in [9.17, 15) is 10.1 Å². The summed E-state index contributed by atoms with van der Waals surface area (Å²) in [7, 11) is 0. The lowest BCUT2D eigenvalue weighted by Crippen LogP contribution is -2.37. The van der Waals surface area contributed by atoms with Gasteiger partial charge in [0.15, 0.2) is 0 Å². The van der Waals surface area contributed by atoms with Gasteiger partial charge in [-0.25, -0.2) is 0 Å². The second-order valence-electron chi connectivity index (χ2n) is 6.20. The number of rotatable bonds is 7. The van der Waals surface area contributed by atoms with Crippen LogP contribution in [0.2, 0.25) is 0 Å². The third-order valence-corrected chi connectivity index (χ3v) is 4.14. The summed E-state index contributed by atoms with van der Waals surface area (Å²) in [4.78, 5) is 14.6. The minimum Gasteiger partial charge on any atom is -0.390 e. The van der Waals surface area contributed by atoms with E-state index in [-0.39, 0.29) is 5.57 Å². The monoisotopic (exact) mass is 342 g/mol. The largest absolute Gasteiger partial charge is 0.390 e. The van der Waals surface area contributed by atoms with Crippen LogP contribution in [0.15, 0.2) is 30.0 Å². The number of ether oxygens (including phenoxy) is 1. The lowest BCUT2D eigenvalue weighted by molar-refractivity contribution is -0.112. The number of benzene rings is 1. The fourth-order valence-corrected chi connectivity index (χ4v) is 2.70. The number of nitriles is 1. The SMILES string of the molecule is Cc1ccc(NC(=O)/C(C#N)=C\NCCCN2CCOCC2)c(C)c1. The number of aryl methyl sites for hydroxylation is 2. The predicted molar refractivity (Wildman–Crippen MR) is 98.1 cm³/mol. The van der Waals surface area contributed by atoms with Crippen LogP contribution in [0.4, 0.5) is 5.69 Å². The van der Waals surface area contributed by atoms with Gasteiger partial charge in [-0.3, -0.25) is 9.69 Å². The van der Waals surface area contributed by atoms with Crippen molar-refractivity contribution in [2.24, 2.45) is 0 Å². The van der Waals surface area contributed by atoms with E-state index in [2.05, 4.69) is 15.5 Å². The van der Waals surface area contributed by atoms with Crippen molar-refractivity contribution in [1.82, 2.24) is 10.2 Å². The second kappa shape index (κ2) is 9.82. The van der Waals surface area contributed by atoms with Gasteiger partial charge in [0.1, 0.15) is 11.6 Å². The Balaban J connectivity index is 1.78. The Morgan fingerprint density at radius 3 is 2.80 bits per heavy atom. The third-order valence-electron chi connectivity index (χ3n) is 4.14.